The first kappa shape index (κ1) is 21.9. The van der Waals surface area contributed by atoms with Gasteiger partial charge in [-0.15, -0.1) is 0 Å². The molecule has 2 rings (SSSR count). The van der Waals surface area contributed by atoms with Gasteiger partial charge in [-0.25, -0.2) is 9.59 Å². The maximum Gasteiger partial charge on any atom is 0.355 e. The van der Waals surface area contributed by atoms with Gasteiger partial charge in [0.25, 0.3) is 0 Å². The second-order valence-electron chi connectivity index (χ2n) is 6.06. The molecule has 1 N–H and O–H groups in total. The summed E-state index contributed by atoms with van der Waals surface area (Å²) in [6.07, 6.45) is -0.571. The number of hydrogen-bond acceptors (Lipinski definition) is 7. The van der Waals surface area contributed by atoms with Gasteiger partial charge in [-0.05, 0) is 31.9 Å². The van der Waals surface area contributed by atoms with Crippen LogP contribution in [0.3, 0.4) is 0 Å². The van der Waals surface area contributed by atoms with E-state index in [4.69, 9.17) is 14.2 Å². The van der Waals surface area contributed by atoms with Crippen LogP contribution in [0.4, 0.5) is 0 Å². The van der Waals surface area contributed by atoms with Gasteiger partial charge in [-0.1, -0.05) is 30.3 Å². The van der Waals surface area contributed by atoms with Gasteiger partial charge >= 0.3 is 17.9 Å². The number of H-pyrrole nitrogens is 1. The van der Waals surface area contributed by atoms with Crippen molar-refractivity contribution in [2.75, 3.05) is 13.2 Å². The lowest BCUT2D eigenvalue weighted by atomic mass is 10.1. The predicted molar refractivity (Wildman–Crippen MR) is 103 cm³/mol. The predicted octanol–water partition coefficient (Wildman–Crippen LogP) is 2.99. The molecule has 0 saturated carbocycles. The van der Waals surface area contributed by atoms with Gasteiger partial charge < -0.3 is 19.2 Å². The van der Waals surface area contributed by atoms with E-state index in [0.29, 0.717) is 0 Å². The Balaban J connectivity index is 2.30. The summed E-state index contributed by atoms with van der Waals surface area (Å²) >= 11 is 0. The molecular formula is C21H23NO7. The summed E-state index contributed by atoms with van der Waals surface area (Å²) in [7, 11) is 0. The monoisotopic (exact) mass is 401 g/mol. The van der Waals surface area contributed by atoms with Crippen molar-refractivity contribution >= 4 is 23.7 Å². The van der Waals surface area contributed by atoms with Gasteiger partial charge in [-0.2, -0.15) is 0 Å². The van der Waals surface area contributed by atoms with E-state index in [1.165, 1.54) is 6.92 Å². The molecule has 2 aromatic rings. The fourth-order valence-corrected chi connectivity index (χ4v) is 2.69. The van der Waals surface area contributed by atoms with Crippen LogP contribution < -0.4 is 0 Å². The van der Waals surface area contributed by atoms with Crippen molar-refractivity contribution < 1.29 is 33.4 Å². The van der Waals surface area contributed by atoms with Gasteiger partial charge in [0.15, 0.2) is 5.78 Å². The Hall–Kier alpha value is -3.42. The summed E-state index contributed by atoms with van der Waals surface area (Å²) in [6.45, 7) is 4.98. The number of rotatable bonds is 9. The Kier molecular flexibility index (Phi) is 7.70. The molecule has 0 saturated heterocycles. The number of benzene rings is 1. The first-order valence-corrected chi connectivity index (χ1v) is 9.18. The molecular weight excluding hydrogens is 378 g/mol. The fourth-order valence-electron chi connectivity index (χ4n) is 2.69. The molecule has 0 radical (unpaired) electrons. The summed E-state index contributed by atoms with van der Waals surface area (Å²) in [4.78, 5) is 51.7. The lowest BCUT2D eigenvalue weighted by Crippen LogP contribution is -2.16. The minimum atomic E-state index is -0.768. The molecule has 0 fully saturated rings. The summed E-state index contributed by atoms with van der Waals surface area (Å²) < 4.78 is 15.0. The largest absolute Gasteiger partial charge is 0.466 e. The Bertz CT molecular complexity index is 899. The highest BCUT2D eigenvalue weighted by atomic mass is 16.5. The normalized spacial score (nSPS) is 10.3. The van der Waals surface area contributed by atoms with Crippen LogP contribution >= 0.6 is 0 Å². The van der Waals surface area contributed by atoms with Crippen molar-refractivity contribution in [2.45, 2.75) is 33.8 Å². The number of aromatic nitrogens is 1. The van der Waals surface area contributed by atoms with Crippen molar-refractivity contribution in [3.8, 4) is 0 Å². The van der Waals surface area contributed by atoms with E-state index in [1.807, 2.05) is 18.2 Å². The highest BCUT2D eigenvalue weighted by Crippen LogP contribution is 2.22. The molecule has 8 nitrogen and oxygen atoms in total. The fraction of sp³-hybridized carbons (Fsp3) is 0.333. The lowest BCUT2D eigenvalue weighted by Gasteiger charge is -2.05. The standard InChI is InChI=1S/C21H23NO7/c1-4-27-16(24)11-15(23)19-17(20(25)28-5-2)13(3)18(22-19)21(26)29-12-14-9-7-6-8-10-14/h6-10,22H,4-5,11-12H2,1-3H3. The smallest absolute Gasteiger partial charge is 0.355 e. The Labute approximate surface area is 168 Å². The van der Waals surface area contributed by atoms with Crippen molar-refractivity contribution in [2.24, 2.45) is 0 Å². The third kappa shape index (κ3) is 5.54. The molecule has 0 unspecified atom stereocenters. The number of Topliss-reactive ketones (excluding diaryl/α,β-unsaturated/α-hetero) is 1. The van der Waals surface area contributed by atoms with E-state index >= 15 is 0 Å². The number of ketones is 1. The first-order valence-electron chi connectivity index (χ1n) is 9.18. The van der Waals surface area contributed by atoms with Crippen LogP contribution in [0.5, 0.6) is 0 Å². The van der Waals surface area contributed by atoms with Gasteiger partial charge in [0.1, 0.15) is 18.7 Å². The minimum Gasteiger partial charge on any atom is -0.466 e. The Morgan fingerprint density at radius 2 is 1.52 bits per heavy atom. The van der Waals surface area contributed by atoms with Crippen LogP contribution in [-0.2, 0) is 25.6 Å². The highest BCUT2D eigenvalue weighted by molar-refractivity contribution is 6.12. The molecule has 29 heavy (non-hydrogen) atoms. The summed E-state index contributed by atoms with van der Waals surface area (Å²) in [5.74, 6) is -2.91. The van der Waals surface area contributed by atoms with Crippen LogP contribution in [-0.4, -0.2) is 41.9 Å². The number of ether oxygens (including phenoxy) is 3. The quantitative estimate of drug-likeness (QED) is 0.297. The third-order valence-electron chi connectivity index (χ3n) is 4.04. The van der Waals surface area contributed by atoms with Crippen molar-refractivity contribution in [3.05, 3.63) is 58.4 Å². The maximum absolute atomic E-state index is 12.5. The van der Waals surface area contributed by atoms with Gasteiger partial charge in [0, 0.05) is 0 Å². The lowest BCUT2D eigenvalue weighted by molar-refractivity contribution is -0.141. The van der Waals surface area contributed by atoms with Crippen LogP contribution in [0.1, 0.15) is 62.7 Å². The molecule has 0 amide bonds. The average molecular weight is 401 g/mol. The second-order valence-corrected chi connectivity index (χ2v) is 6.06. The molecule has 0 spiro atoms. The number of nitrogens with one attached hydrogen (secondary N) is 1. The van der Waals surface area contributed by atoms with Gasteiger partial charge in [0.05, 0.1) is 24.5 Å². The zero-order valence-corrected chi connectivity index (χ0v) is 16.6. The van der Waals surface area contributed by atoms with Crippen LogP contribution in [0, 0.1) is 6.92 Å². The molecule has 1 heterocycles. The van der Waals surface area contributed by atoms with E-state index in [1.54, 1.807) is 26.0 Å². The number of hydrogen-bond donors (Lipinski definition) is 1. The molecule has 8 heteroatoms. The topological polar surface area (TPSA) is 112 Å². The maximum atomic E-state index is 12.5. The van der Waals surface area contributed by atoms with Gasteiger partial charge in [-0.3, -0.25) is 9.59 Å². The van der Waals surface area contributed by atoms with Crippen molar-refractivity contribution in [3.63, 3.8) is 0 Å². The molecule has 0 aliphatic heterocycles. The number of carbonyl (C=O) groups excluding carboxylic acids is 4. The molecule has 1 aromatic heterocycles. The number of esters is 3. The van der Waals surface area contributed by atoms with Gasteiger partial charge in [0.2, 0.25) is 0 Å². The summed E-state index contributed by atoms with van der Waals surface area (Å²) in [5.41, 5.74) is 0.688. The minimum absolute atomic E-state index is 0.0268. The average Bonchev–Trinajstić information content (AvgIpc) is 3.04. The van der Waals surface area contributed by atoms with E-state index in [-0.39, 0.29) is 42.3 Å². The number of carbonyl (C=O) groups is 4. The summed E-state index contributed by atoms with van der Waals surface area (Å²) in [5, 5.41) is 0. The molecule has 0 aliphatic carbocycles. The van der Waals surface area contributed by atoms with Crippen LogP contribution in [0.15, 0.2) is 30.3 Å². The van der Waals surface area contributed by atoms with E-state index in [0.717, 1.165) is 5.56 Å². The molecule has 0 atom stereocenters. The molecule has 0 aliphatic rings. The Morgan fingerprint density at radius 3 is 2.14 bits per heavy atom. The van der Waals surface area contributed by atoms with Crippen LogP contribution in [0.25, 0.3) is 0 Å². The first-order chi connectivity index (χ1) is 13.9. The SMILES string of the molecule is CCOC(=O)CC(=O)c1[nH]c(C(=O)OCc2ccccc2)c(C)c1C(=O)OCC. The third-order valence-corrected chi connectivity index (χ3v) is 4.04. The van der Waals surface area contributed by atoms with Crippen molar-refractivity contribution in [1.82, 2.24) is 4.98 Å². The molecule has 1 aromatic carbocycles. The zero-order valence-electron chi connectivity index (χ0n) is 16.6. The molecule has 154 valence electrons. The van der Waals surface area contributed by atoms with E-state index in [2.05, 4.69) is 4.98 Å². The highest BCUT2D eigenvalue weighted by Gasteiger charge is 2.30. The molecule has 0 bridgehead atoms. The Morgan fingerprint density at radius 1 is 0.862 bits per heavy atom. The number of aromatic amines is 1. The zero-order chi connectivity index (χ0) is 21.4. The summed E-state index contributed by atoms with van der Waals surface area (Å²) in [6, 6.07) is 9.07. The van der Waals surface area contributed by atoms with Crippen LogP contribution in [0.2, 0.25) is 0 Å². The van der Waals surface area contributed by atoms with E-state index in [9.17, 15) is 19.2 Å². The van der Waals surface area contributed by atoms with E-state index < -0.39 is 30.1 Å². The second kappa shape index (κ2) is 10.2. The van der Waals surface area contributed by atoms with Crippen molar-refractivity contribution in [1.29, 1.82) is 0 Å².